The molecule has 1 atom stereocenters. The maximum atomic E-state index is 11.3. The van der Waals surface area contributed by atoms with Gasteiger partial charge in [-0.05, 0) is 31.0 Å². The number of carbonyl (C=O) groups is 2. The maximum absolute atomic E-state index is 11.3. The number of hydrogen-bond donors (Lipinski definition) is 3. The van der Waals surface area contributed by atoms with Crippen LogP contribution in [0.5, 0.6) is 5.75 Å². The number of aromatic hydroxyl groups is 1. The van der Waals surface area contributed by atoms with Crippen molar-refractivity contribution in [3.8, 4) is 5.75 Å². The van der Waals surface area contributed by atoms with E-state index in [1.54, 1.807) is 0 Å². The molecule has 5 heteroatoms. The number of rotatable bonds is 5. The van der Waals surface area contributed by atoms with Crippen molar-refractivity contribution >= 4 is 11.9 Å². The van der Waals surface area contributed by atoms with Crippen LogP contribution in [0.2, 0.25) is 0 Å². The molecule has 0 fully saturated rings. The third-order valence-electron chi connectivity index (χ3n) is 2.82. The van der Waals surface area contributed by atoms with Crippen molar-refractivity contribution in [2.24, 2.45) is 0 Å². The Kier molecular flexibility index (Phi) is 3.73. The molecule has 1 unspecified atom stereocenters. The predicted molar refractivity (Wildman–Crippen MR) is 60.0 cm³/mol. The van der Waals surface area contributed by atoms with Crippen molar-refractivity contribution in [3.05, 3.63) is 29.8 Å². The summed E-state index contributed by atoms with van der Waals surface area (Å²) < 4.78 is 0. The fourth-order valence-corrected chi connectivity index (χ4v) is 1.56. The average Bonchev–Trinajstić information content (AvgIpc) is 2.26. The van der Waals surface area contributed by atoms with Crippen molar-refractivity contribution in [1.82, 2.24) is 0 Å². The van der Waals surface area contributed by atoms with E-state index in [0.29, 0.717) is 5.56 Å². The number of aliphatic carboxylic acids is 2. The fourth-order valence-electron chi connectivity index (χ4n) is 1.56. The molecule has 1 aromatic carbocycles. The van der Waals surface area contributed by atoms with E-state index in [4.69, 9.17) is 10.2 Å². The minimum absolute atomic E-state index is 0.00242. The highest BCUT2D eigenvalue weighted by Gasteiger charge is 2.35. The number of benzene rings is 1. The summed E-state index contributed by atoms with van der Waals surface area (Å²) in [5.74, 6) is -2.07. The fraction of sp³-hybridized carbons (Fsp3) is 0.333. The highest BCUT2D eigenvalue weighted by molar-refractivity contribution is 5.81. The lowest BCUT2D eigenvalue weighted by molar-refractivity contribution is -0.144. The van der Waals surface area contributed by atoms with E-state index in [2.05, 4.69) is 0 Å². The molecule has 0 spiro atoms. The second kappa shape index (κ2) is 4.86. The zero-order valence-corrected chi connectivity index (χ0v) is 9.38. The summed E-state index contributed by atoms with van der Waals surface area (Å²) in [6, 6.07) is 5.76. The van der Waals surface area contributed by atoms with Crippen LogP contribution < -0.4 is 0 Å². The zero-order chi connectivity index (χ0) is 13.1. The molecule has 0 aliphatic carbocycles. The minimum Gasteiger partial charge on any atom is -0.508 e. The predicted octanol–water partition coefficient (Wildman–Crippen LogP) is 1.60. The number of phenols is 1. The Balaban J connectivity index is 3.02. The molecule has 5 nitrogen and oxygen atoms in total. The molecule has 0 saturated heterocycles. The van der Waals surface area contributed by atoms with Crippen LogP contribution in [-0.4, -0.2) is 27.3 Å². The van der Waals surface area contributed by atoms with E-state index < -0.39 is 17.4 Å². The Morgan fingerprint density at radius 1 is 1.18 bits per heavy atom. The summed E-state index contributed by atoms with van der Waals surface area (Å²) in [6.07, 6.45) is -0.216. The van der Waals surface area contributed by atoms with Crippen LogP contribution in [0, 0.1) is 0 Å². The van der Waals surface area contributed by atoms with E-state index >= 15 is 0 Å². The topological polar surface area (TPSA) is 94.8 Å². The van der Waals surface area contributed by atoms with Crippen molar-refractivity contribution < 1.29 is 24.9 Å². The zero-order valence-electron chi connectivity index (χ0n) is 9.38. The SMILES string of the molecule is CC(CCC(=O)O)(C(=O)O)c1ccc(O)cc1. The quantitative estimate of drug-likeness (QED) is 0.724. The van der Waals surface area contributed by atoms with Gasteiger partial charge in [0.25, 0.3) is 0 Å². The summed E-state index contributed by atoms with van der Waals surface area (Å²) in [4.78, 5) is 21.8. The minimum atomic E-state index is -1.26. The lowest BCUT2D eigenvalue weighted by atomic mass is 9.78. The summed E-state index contributed by atoms with van der Waals surface area (Å²) in [6.45, 7) is 1.48. The molecule has 3 N–H and O–H groups in total. The molecule has 17 heavy (non-hydrogen) atoms. The number of hydrogen-bond acceptors (Lipinski definition) is 3. The molecule has 1 rings (SSSR count). The van der Waals surface area contributed by atoms with Gasteiger partial charge in [-0.1, -0.05) is 12.1 Å². The van der Waals surface area contributed by atoms with Gasteiger partial charge < -0.3 is 15.3 Å². The molecule has 0 aromatic heterocycles. The molecule has 1 aromatic rings. The van der Waals surface area contributed by atoms with Gasteiger partial charge in [-0.2, -0.15) is 0 Å². The Bertz CT molecular complexity index is 423. The number of phenolic OH excluding ortho intramolecular Hbond substituents is 1. The van der Waals surface area contributed by atoms with Gasteiger partial charge in [0, 0.05) is 6.42 Å². The molecular weight excluding hydrogens is 224 g/mol. The third-order valence-corrected chi connectivity index (χ3v) is 2.82. The largest absolute Gasteiger partial charge is 0.508 e. The molecule has 0 radical (unpaired) electrons. The maximum Gasteiger partial charge on any atom is 0.313 e. The van der Waals surface area contributed by atoms with Crippen molar-refractivity contribution in [2.75, 3.05) is 0 Å². The first-order valence-corrected chi connectivity index (χ1v) is 5.11. The summed E-state index contributed by atoms with van der Waals surface area (Å²) in [5, 5.41) is 27.0. The van der Waals surface area contributed by atoms with E-state index in [-0.39, 0.29) is 18.6 Å². The highest BCUT2D eigenvalue weighted by atomic mass is 16.4. The first kappa shape index (κ1) is 13.0. The van der Waals surface area contributed by atoms with Gasteiger partial charge in [0.15, 0.2) is 0 Å². The molecule has 0 heterocycles. The van der Waals surface area contributed by atoms with Crippen LogP contribution in [-0.2, 0) is 15.0 Å². The first-order valence-electron chi connectivity index (χ1n) is 5.11. The number of carboxylic acids is 2. The van der Waals surface area contributed by atoms with Crippen LogP contribution in [0.25, 0.3) is 0 Å². The lowest BCUT2D eigenvalue weighted by Gasteiger charge is -2.24. The Morgan fingerprint density at radius 3 is 2.12 bits per heavy atom. The standard InChI is InChI=1S/C12H14O5/c1-12(11(16)17,7-6-10(14)15)8-2-4-9(13)5-3-8/h2-5,13H,6-7H2,1H3,(H,14,15)(H,16,17). The van der Waals surface area contributed by atoms with Gasteiger partial charge in [-0.3, -0.25) is 9.59 Å². The van der Waals surface area contributed by atoms with Gasteiger partial charge in [0.2, 0.25) is 0 Å². The third kappa shape index (κ3) is 2.96. The van der Waals surface area contributed by atoms with E-state index in [9.17, 15) is 14.7 Å². The molecule has 0 bridgehead atoms. The van der Waals surface area contributed by atoms with Crippen LogP contribution in [0.4, 0.5) is 0 Å². The van der Waals surface area contributed by atoms with Gasteiger partial charge in [-0.25, -0.2) is 0 Å². The molecule has 0 aliphatic rings. The smallest absolute Gasteiger partial charge is 0.313 e. The number of carboxylic acid groups (broad SMARTS) is 2. The van der Waals surface area contributed by atoms with Crippen LogP contribution in [0.3, 0.4) is 0 Å². The van der Waals surface area contributed by atoms with E-state index in [0.717, 1.165) is 0 Å². The van der Waals surface area contributed by atoms with Gasteiger partial charge in [0.05, 0.1) is 5.41 Å². The normalized spacial score (nSPS) is 13.9. The highest BCUT2D eigenvalue weighted by Crippen LogP contribution is 2.30. The summed E-state index contributed by atoms with van der Waals surface area (Å²) in [5.41, 5.74) is -0.782. The Morgan fingerprint density at radius 2 is 1.71 bits per heavy atom. The monoisotopic (exact) mass is 238 g/mol. The molecule has 0 amide bonds. The first-order chi connectivity index (χ1) is 7.86. The van der Waals surface area contributed by atoms with Crippen molar-refractivity contribution in [3.63, 3.8) is 0 Å². The van der Waals surface area contributed by atoms with Crippen LogP contribution in [0.1, 0.15) is 25.3 Å². The Labute approximate surface area is 98.3 Å². The van der Waals surface area contributed by atoms with Crippen LogP contribution >= 0.6 is 0 Å². The van der Waals surface area contributed by atoms with E-state index in [1.807, 2.05) is 0 Å². The second-order valence-electron chi connectivity index (χ2n) is 4.08. The molecule has 0 saturated carbocycles. The van der Waals surface area contributed by atoms with Crippen molar-refractivity contribution in [1.29, 1.82) is 0 Å². The second-order valence-corrected chi connectivity index (χ2v) is 4.08. The lowest BCUT2D eigenvalue weighted by Crippen LogP contribution is -2.33. The van der Waals surface area contributed by atoms with Gasteiger partial charge in [0.1, 0.15) is 5.75 Å². The van der Waals surface area contributed by atoms with Crippen molar-refractivity contribution in [2.45, 2.75) is 25.2 Å². The van der Waals surface area contributed by atoms with Crippen LogP contribution in [0.15, 0.2) is 24.3 Å². The van der Waals surface area contributed by atoms with Gasteiger partial charge in [-0.15, -0.1) is 0 Å². The summed E-state index contributed by atoms with van der Waals surface area (Å²) >= 11 is 0. The average molecular weight is 238 g/mol. The van der Waals surface area contributed by atoms with E-state index in [1.165, 1.54) is 31.2 Å². The summed E-state index contributed by atoms with van der Waals surface area (Å²) in [7, 11) is 0. The molecule has 92 valence electrons. The molecular formula is C12H14O5. The Hall–Kier alpha value is -2.04. The molecule has 0 aliphatic heterocycles. The van der Waals surface area contributed by atoms with Gasteiger partial charge >= 0.3 is 11.9 Å².